The number of rotatable bonds is 5. The minimum absolute atomic E-state index is 0.0149. The molecule has 0 atom stereocenters. The molecule has 2 rings (SSSR count). The molecule has 0 radical (unpaired) electrons. The van der Waals surface area contributed by atoms with Crippen LogP contribution in [0.1, 0.15) is 46.5 Å². The molecule has 0 aromatic carbocycles. The lowest BCUT2D eigenvalue weighted by atomic mass is 9.95. The number of amides is 1. The van der Waals surface area contributed by atoms with Crippen LogP contribution in [0.15, 0.2) is 0 Å². The van der Waals surface area contributed by atoms with Gasteiger partial charge in [0.05, 0.1) is 26.2 Å². The van der Waals surface area contributed by atoms with Crippen LogP contribution in [0.3, 0.4) is 0 Å². The average Bonchev–Trinajstić information content (AvgIpc) is 2.89. The van der Waals surface area contributed by atoms with Gasteiger partial charge in [0, 0.05) is 11.3 Å². The molecule has 1 heterocycles. The minimum Gasteiger partial charge on any atom is -0.469 e. The monoisotopic (exact) mass is 325 g/mol. The Morgan fingerprint density at radius 3 is 2.50 bits per heavy atom. The zero-order valence-corrected chi connectivity index (χ0v) is 13.5. The third kappa shape index (κ3) is 3.65. The third-order valence-electron chi connectivity index (χ3n) is 3.60. The maximum Gasteiger partial charge on any atom is 0.341 e. The van der Waals surface area contributed by atoms with Crippen molar-refractivity contribution in [2.45, 2.75) is 38.5 Å². The van der Waals surface area contributed by atoms with Gasteiger partial charge in [0.1, 0.15) is 5.00 Å². The first kappa shape index (κ1) is 16.5. The van der Waals surface area contributed by atoms with Gasteiger partial charge in [-0.25, -0.2) is 4.79 Å². The van der Waals surface area contributed by atoms with Gasteiger partial charge in [0.25, 0.3) is 0 Å². The van der Waals surface area contributed by atoms with Crippen LogP contribution in [0.2, 0.25) is 0 Å². The van der Waals surface area contributed by atoms with E-state index >= 15 is 0 Å². The second kappa shape index (κ2) is 7.40. The van der Waals surface area contributed by atoms with E-state index in [9.17, 15) is 14.4 Å². The molecule has 7 heteroatoms. The van der Waals surface area contributed by atoms with Crippen molar-refractivity contribution in [1.82, 2.24) is 0 Å². The first-order chi connectivity index (χ1) is 10.6. The SMILES string of the molecule is COC(=O)CCC(=O)Nc1sc2c(c1C(=O)OC)CCCC2. The van der Waals surface area contributed by atoms with Crippen molar-refractivity contribution in [1.29, 1.82) is 0 Å². The molecule has 1 aliphatic rings. The lowest BCUT2D eigenvalue weighted by Crippen LogP contribution is -2.16. The van der Waals surface area contributed by atoms with Crippen LogP contribution in [0.4, 0.5) is 5.00 Å². The van der Waals surface area contributed by atoms with Crippen molar-refractivity contribution < 1.29 is 23.9 Å². The van der Waals surface area contributed by atoms with Crippen LogP contribution in [-0.4, -0.2) is 32.1 Å². The fourth-order valence-electron chi connectivity index (χ4n) is 2.48. The summed E-state index contributed by atoms with van der Waals surface area (Å²) in [6.07, 6.45) is 3.90. The molecule has 0 spiro atoms. The summed E-state index contributed by atoms with van der Waals surface area (Å²) < 4.78 is 9.35. The van der Waals surface area contributed by atoms with Crippen molar-refractivity contribution in [3.8, 4) is 0 Å². The highest BCUT2D eigenvalue weighted by Gasteiger charge is 2.26. The van der Waals surface area contributed by atoms with Crippen LogP contribution < -0.4 is 5.32 Å². The Hall–Kier alpha value is -1.89. The van der Waals surface area contributed by atoms with E-state index in [1.54, 1.807) is 0 Å². The van der Waals surface area contributed by atoms with Gasteiger partial charge in [-0.05, 0) is 31.2 Å². The predicted octanol–water partition coefficient (Wildman–Crippen LogP) is 2.31. The van der Waals surface area contributed by atoms with Crippen molar-refractivity contribution in [2.24, 2.45) is 0 Å². The first-order valence-electron chi connectivity index (χ1n) is 7.16. The molecule has 0 saturated carbocycles. The Labute approximate surface area is 132 Å². The van der Waals surface area contributed by atoms with E-state index in [1.165, 1.54) is 25.6 Å². The molecule has 0 aliphatic heterocycles. The van der Waals surface area contributed by atoms with Gasteiger partial charge < -0.3 is 14.8 Å². The van der Waals surface area contributed by atoms with E-state index in [-0.39, 0.29) is 18.7 Å². The number of hydrogen-bond donors (Lipinski definition) is 1. The van der Waals surface area contributed by atoms with Crippen molar-refractivity contribution in [3.05, 3.63) is 16.0 Å². The zero-order chi connectivity index (χ0) is 16.1. The molecule has 0 saturated heterocycles. The number of esters is 2. The minimum atomic E-state index is -0.436. The van der Waals surface area contributed by atoms with E-state index in [0.717, 1.165) is 36.1 Å². The molecule has 1 aliphatic carbocycles. The smallest absolute Gasteiger partial charge is 0.341 e. The quantitative estimate of drug-likeness (QED) is 0.840. The molecular formula is C15H19NO5S. The summed E-state index contributed by atoms with van der Waals surface area (Å²) in [7, 11) is 2.61. The maximum atomic E-state index is 12.0. The summed E-state index contributed by atoms with van der Waals surface area (Å²) in [5, 5.41) is 3.26. The fraction of sp³-hybridized carbons (Fsp3) is 0.533. The van der Waals surface area contributed by atoms with E-state index in [1.807, 2.05) is 0 Å². The number of thiophene rings is 1. The highest BCUT2D eigenvalue weighted by atomic mass is 32.1. The van der Waals surface area contributed by atoms with Crippen molar-refractivity contribution in [2.75, 3.05) is 19.5 Å². The molecule has 6 nitrogen and oxygen atoms in total. The number of carbonyl (C=O) groups excluding carboxylic acids is 3. The normalized spacial score (nSPS) is 13.2. The van der Waals surface area contributed by atoms with E-state index in [2.05, 4.69) is 10.1 Å². The number of methoxy groups -OCH3 is 2. The second-order valence-electron chi connectivity index (χ2n) is 5.03. The molecule has 1 aromatic heterocycles. The Bertz CT molecular complexity index is 593. The van der Waals surface area contributed by atoms with Gasteiger partial charge in [-0.1, -0.05) is 0 Å². The van der Waals surface area contributed by atoms with E-state index < -0.39 is 11.9 Å². The number of ether oxygens (including phenoxy) is 2. The van der Waals surface area contributed by atoms with Gasteiger partial charge in [0.15, 0.2) is 0 Å². The fourth-order valence-corrected chi connectivity index (χ4v) is 3.77. The number of fused-ring (bicyclic) bond motifs is 1. The average molecular weight is 325 g/mol. The summed E-state index contributed by atoms with van der Waals surface area (Å²) in [5.41, 5.74) is 1.46. The standard InChI is InChI=1S/C15H19NO5S/c1-20-12(18)8-7-11(17)16-14-13(15(19)21-2)9-5-3-4-6-10(9)22-14/h3-8H2,1-2H3,(H,16,17). The van der Waals surface area contributed by atoms with Gasteiger partial charge in [-0.15, -0.1) is 11.3 Å². The number of aryl methyl sites for hydroxylation is 1. The van der Waals surface area contributed by atoms with Crippen LogP contribution in [-0.2, 0) is 31.9 Å². The van der Waals surface area contributed by atoms with E-state index in [4.69, 9.17) is 4.74 Å². The molecular weight excluding hydrogens is 306 g/mol. The second-order valence-corrected chi connectivity index (χ2v) is 6.14. The van der Waals surface area contributed by atoms with Gasteiger partial charge in [-0.3, -0.25) is 9.59 Å². The summed E-state index contributed by atoms with van der Waals surface area (Å²) >= 11 is 1.43. The summed E-state index contributed by atoms with van der Waals surface area (Å²) in [6, 6.07) is 0. The number of carbonyl (C=O) groups is 3. The lowest BCUT2D eigenvalue weighted by molar-refractivity contribution is -0.141. The van der Waals surface area contributed by atoms with Crippen LogP contribution in [0.25, 0.3) is 0 Å². The molecule has 1 aromatic rings. The number of anilines is 1. The van der Waals surface area contributed by atoms with Crippen LogP contribution >= 0.6 is 11.3 Å². The Kier molecular flexibility index (Phi) is 5.54. The zero-order valence-electron chi connectivity index (χ0n) is 12.7. The molecule has 1 N–H and O–H groups in total. The van der Waals surface area contributed by atoms with Gasteiger partial charge in [0.2, 0.25) is 5.91 Å². The first-order valence-corrected chi connectivity index (χ1v) is 7.98. The molecule has 120 valence electrons. The van der Waals surface area contributed by atoms with Gasteiger partial charge >= 0.3 is 11.9 Å². The summed E-state index contributed by atoms with van der Waals surface area (Å²) in [5.74, 6) is -1.18. The Morgan fingerprint density at radius 2 is 1.82 bits per heavy atom. The van der Waals surface area contributed by atoms with Gasteiger partial charge in [-0.2, -0.15) is 0 Å². The summed E-state index contributed by atoms with van der Waals surface area (Å²) in [6.45, 7) is 0. The Morgan fingerprint density at radius 1 is 1.09 bits per heavy atom. The summed E-state index contributed by atoms with van der Waals surface area (Å²) in [4.78, 5) is 36.2. The van der Waals surface area contributed by atoms with Crippen molar-refractivity contribution in [3.63, 3.8) is 0 Å². The maximum absolute atomic E-state index is 12.0. The molecule has 22 heavy (non-hydrogen) atoms. The Balaban J connectivity index is 2.16. The largest absolute Gasteiger partial charge is 0.469 e. The molecule has 0 bridgehead atoms. The lowest BCUT2D eigenvalue weighted by Gasteiger charge is -2.11. The molecule has 1 amide bonds. The van der Waals surface area contributed by atoms with Crippen LogP contribution in [0.5, 0.6) is 0 Å². The molecule has 0 fully saturated rings. The highest BCUT2D eigenvalue weighted by molar-refractivity contribution is 7.17. The van der Waals surface area contributed by atoms with Crippen molar-refractivity contribution >= 4 is 34.2 Å². The van der Waals surface area contributed by atoms with E-state index in [0.29, 0.717) is 10.6 Å². The molecule has 0 unspecified atom stereocenters. The third-order valence-corrected chi connectivity index (χ3v) is 4.80. The number of nitrogens with one attached hydrogen (secondary N) is 1. The predicted molar refractivity (Wildman–Crippen MR) is 82.2 cm³/mol. The van der Waals surface area contributed by atoms with Crippen LogP contribution in [0, 0.1) is 0 Å². The number of hydrogen-bond acceptors (Lipinski definition) is 6. The topological polar surface area (TPSA) is 81.7 Å². The highest BCUT2D eigenvalue weighted by Crippen LogP contribution is 2.38.